The molecule has 1 nitrogen and oxygen atoms in total. The van der Waals surface area contributed by atoms with Gasteiger partial charge in [0, 0.05) is 17.9 Å². The zero-order valence-electron chi connectivity index (χ0n) is 17.5. The van der Waals surface area contributed by atoms with Crippen LogP contribution in [0.1, 0.15) is 96.8 Å². The Morgan fingerprint density at radius 3 is 1.63 bits per heavy atom. The Hall–Kier alpha value is -0.640. The largest absolute Gasteiger partial charge is 1.00 e. The number of unbranched alkanes of at least 4 members (excludes halogenated alkanes) is 13. The van der Waals surface area contributed by atoms with Crippen molar-refractivity contribution in [3.8, 4) is 0 Å². The van der Waals surface area contributed by atoms with Crippen LogP contribution >= 0.6 is 0 Å². The molecule has 0 spiro atoms. The van der Waals surface area contributed by atoms with E-state index in [2.05, 4.69) is 54.2 Å². The molecule has 0 N–H and O–H groups in total. The Labute approximate surface area is 185 Å². The van der Waals surface area contributed by atoms with Crippen molar-refractivity contribution >= 4 is 10.8 Å². The van der Waals surface area contributed by atoms with Gasteiger partial charge >= 0.3 is 0 Å². The third-order valence-electron chi connectivity index (χ3n) is 5.52. The summed E-state index contributed by atoms with van der Waals surface area (Å²) < 4.78 is 2.35. The maximum absolute atomic E-state index is 2.35. The van der Waals surface area contributed by atoms with E-state index in [1.54, 1.807) is 0 Å². The van der Waals surface area contributed by atoms with Crippen LogP contribution in [-0.2, 0) is 6.54 Å². The lowest BCUT2D eigenvalue weighted by Crippen LogP contribution is -3.00. The first-order valence-electron chi connectivity index (χ1n) is 11.3. The highest BCUT2D eigenvalue weighted by Gasteiger charge is 2.02. The van der Waals surface area contributed by atoms with E-state index in [0.29, 0.717) is 0 Å². The standard InChI is InChI=1S/C25H40N.HI/c1-2-3-4-5-6-7-8-9-10-11-12-13-14-17-21-26-22-20-24-18-15-16-19-25(24)23-26;/h15-16,18-20,22-23H,2-14,17,21H2,1H3;1H/q+1;/p-1. The minimum atomic E-state index is 0. The zero-order valence-corrected chi connectivity index (χ0v) is 19.6. The van der Waals surface area contributed by atoms with Crippen molar-refractivity contribution < 1.29 is 28.5 Å². The molecule has 152 valence electrons. The molecule has 2 heteroatoms. The van der Waals surface area contributed by atoms with Crippen LogP contribution in [-0.4, -0.2) is 0 Å². The van der Waals surface area contributed by atoms with E-state index in [1.807, 2.05) is 0 Å². The third kappa shape index (κ3) is 11.1. The van der Waals surface area contributed by atoms with Crippen LogP contribution in [0.5, 0.6) is 0 Å². The second kappa shape index (κ2) is 16.3. The average Bonchev–Trinajstić information content (AvgIpc) is 2.68. The molecule has 1 heterocycles. The van der Waals surface area contributed by atoms with Gasteiger partial charge in [-0.2, -0.15) is 0 Å². The normalized spacial score (nSPS) is 10.9. The van der Waals surface area contributed by atoms with Crippen molar-refractivity contribution in [1.82, 2.24) is 0 Å². The van der Waals surface area contributed by atoms with E-state index >= 15 is 0 Å². The predicted molar refractivity (Wildman–Crippen MR) is 114 cm³/mol. The number of hydrogen-bond donors (Lipinski definition) is 0. The lowest BCUT2D eigenvalue weighted by molar-refractivity contribution is -0.696. The van der Waals surface area contributed by atoms with Gasteiger partial charge in [0.1, 0.15) is 6.54 Å². The van der Waals surface area contributed by atoms with Crippen LogP contribution in [0.25, 0.3) is 10.8 Å². The number of benzene rings is 1. The van der Waals surface area contributed by atoms with Crippen molar-refractivity contribution in [3.63, 3.8) is 0 Å². The van der Waals surface area contributed by atoms with E-state index in [4.69, 9.17) is 0 Å². The van der Waals surface area contributed by atoms with Gasteiger partial charge in [0.25, 0.3) is 0 Å². The number of aryl methyl sites for hydroxylation is 1. The summed E-state index contributed by atoms with van der Waals surface area (Å²) >= 11 is 0. The Balaban J connectivity index is 0.00000364. The van der Waals surface area contributed by atoms with Gasteiger partial charge < -0.3 is 24.0 Å². The van der Waals surface area contributed by atoms with Crippen molar-refractivity contribution in [2.75, 3.05) is 0 Å². The molecule has 0 atom stereocenters. The van der Waals surface area contributed by atoms with E-state index in [0.717, 1.165) is 6.54 Å². The Morgan fingerprint density at radius 1 is 0.593 bits per heavy atom. The van der Waals surface area contributed by atoms with Crippen LogP contribution in [0.4, 0.5) is 0 Å². The van der Waals surface area contributed by atoms with Crippen molar-refractivity contribution in [1.29, 1.82) is 0 Å². The fraction of sp³-hybridized carbons (Fsp3) is 0.640. The Bertz CT molecular complexity index is 596. The first-order valence-corrected chi connectivity index (χ1v) is 11.3. The fourth-order valence-electron chi connectivity index (χ4n) is 3.81. The molecule has 0 fully saturated rings. The molecule has 0 saturated heterocycles. The summed E-state index contributed by atoms with van der Waals surface area (Å²) in [5.74, 6) is 0. The highest BCUT2D eigenvalue weighted by molar-refractivity contribution is 5.80. The van der Waals surface area contributed by atoms with Crippen LogP contribution in [0.3, 0.4) is 0 Å². The second-order valence-corrected chi connectivity index (χ2v) is 7.91. The molecule has 0 saturated carbocycles. The molecule has 1 aromatic heterocycles. The highest BCUT2D eigenvalue weighted by atomic mass is 127. The molecule has 0 amide bonds. The molecule has 2 aromatic rings. The third-order valence-corrected chi connectivity index (χ3v) is 5.52. The maximum Gasteiger partial charge on any atom is 0.176 e. The number of fused-ring (bicyclic) bond motifs is 1. The minimum absolute atomic E-state index is 0. The maximum atomic E-state index is 2.35. The van der Waals surface area contributed by atoms with Crippen molar-refractivity contribution in [3.05, 3.63) is 42.7 Å². The Morgan fingerprint density at radius 2 is 1.07 bits per heavy atom. The molecule has 0 aliphatic carbocycles. The lowest BCUT2D eigenvalue weighted by Gasteiger charge is -2.03. The van der Waals surface area contributed by atoms with E-state index in [-0.39, 0.29) is 24.0 Å². The summed E-state index contributed by atoms with van der Waals surface area (Å²) in [5.41, 5.74) is 0. The van der Waals surface area contributed by atoms with Crippen LogP contribution in [0.15, 0.2) is 42.7 Å². The fourth-order valence-corrected chi connectivity index (χ4v) is 3.81. The highest BCUT2D eigenvalue weighted by Crippen LogP contribution is 2.13. The number of halogens is 1. The van der Waals surface area contributed by atoms with Crippen LogP contribution in [0, 0.1) is 0 Å². The Kier molecular flexibility index (Phi) is 14.8. The zero-order chi connectivity index (χ0) is 18.3. The van der Waals surface area contributed by atoms with Crippen LogP contribution < -0.4 is 28.5 Å². The first-order chi connectivity index (χ1) is 12.9. The summed E-state index contributed by atoms with van der Waals surface area (Å²) in [6.07, 6.45) is 24.5. The summed E-state index contributed by atoms with van der Waals surface area (Å²) in [7, 11) is 0. The molecule has 1 aromatic carbocycles. The smallest absolute Gasteiger partial charge is 0.176 e. The summed E-state index contributed by atoms with van der Waals surface area (Å²) in [4.78, 5) is 0. The van der Waals surface area contributed by atoms with E-state index in [1.165, 1.54) is 101 Å². The molecule has 0 bridgehead atoms. The SMILES string of the molecule is CCCCCCCCCCCCCCCC[n+]1ccc2ccccc2c1.[I-]. The lowest BCUT2D eigenvalue weighted by atomic mass is 10.0. The molecule has 0 unspecified atom stereocenters. The van der Waals surface area contributed by atoms with Crippen LogP contribution in [0.2, 0.25) is 0 Å². The number of aromatic nitrogens is 1. The summed E-state index contributed by atoms with van der Waals surface area (Å²) in [5, 5.41) is 2.69. The molecule has 27 heavy (non-hydrogen) atoms. The number of nitrogens with zero attached hydrogens (tertiary/aromatic N) is 1. The molecule has 0 aliphatic heterocycles. The molecular weight excluding hydrogens is 441 g/mol. The monoisotopic (exact) mass is 481 g/mol. The van der Waals surface area contributed by atoms with Gasteiger partial charge in [0.2, 0.25) is 0 Å². The van der Waals surface area contributed by atoms with Gasteiger partial charge in [-0.1, -0.05) is 102 Å². The number of pyridine rings is 1. The van der Waals surface area contributed by atoms with Gasteiger partial charge in [-0.15, -0.1) is 0 Å². The molecule has 0 aliphatic rings. The second-order valence-electron chi connectivity index (χ2n) is 7.91. The van der Waals surface area contributed by atoms with Gasteiger partial charge in [0.05, 0.1) is 0 Å². The predicted octanol–water partition coefficient (Wildman–Crippen LogP) is 4.61. The van der Waals surface area contributed by atoms with Gasteiger partial charge in [-0.05, 0) is 17.9 Å². The topological polar surface area (TPSA) is 3.88 Å². The molecule has 0 radical (unpaired) electrons. The van der Waals surface area contributed by atoms with Crippen molar-refractivity contribution in [2.24, 2.45) is 0 Å². The molecular formula is C25H40IN. The van der Waals surface area contributed by atoms with Gasteiger partial charge in [-0.3, -0.25) is 0 Å². The number of rotatable bonds is 15. The van der Waals surface area contributed by atoms with E-state index < -0.39 is 0 Å². The quantitative estimate of drug-likeness (QED) is 0.199. The van der Waals surface area contributed by atoms with Gasteiger partial charge in [0.15, 0.2) is 12.4 Å². The average molecular weight is 482 g/mol. The molecule has 2 rings (SSSR count). The summed E-state index contributed by atoms with van der Waals surface area (Å²) in [6, 6.07) is 10.9. The summed E-state index contributed by atoms with van der Waals surface area (Å²) in [6.45, 7) is 3.45. The minimum Gasteiger partial charge on any atom is -1.00 e. The first kappa shape index (κ1) is 24.4. The number of hydrogen-bond acceptors (Lipinski definition) is 0. The van der Waals surface area contributed by atoms with Crippen molar-refractivity contribution in [2.45, 2.75) is 103 Å². The van der Waals surface area contributed by atoms with Gasteiger partial charge in [-0.25, -0.2) is 4.57 Å². The van der Waals surface area contributed by atoms with E-state index in [9.17, 15) is 0 Å².